The van der Waals surface area contributed by atoms with Crippen LogP contribution in [0.15, 0.2) is 73.1 Å². The van der Waals surface area contributed by atoms with Gasteiger partial charge >= 0.3 is 0 Å². The molecule has 0 spiro atoms. The van der Waals surface area contributed by atoms with Crippen molar-refractivity contribution in [3.05, 3.63) is 84.2 Å². The molecule has 3 heterocycles. The molecule has 27 heavy (non-hydrogen) atoms. The quantitative estimate of drug-likeness (QED) is 0.421. The first-order chi connectivity index (χ1) is 13.2. The average molecular weight is 349 g/mol. The molecule has 0 fully saturated rings. The lowest BCUT2D eigenvalue weighted by Gasteiger charge is -2.05. The van der Waals surface area contributed by atoms with Gasteiger partial charge in [-0.2, -0.15) is 0 Å². The Morgan fingerprint density at radius 1 is 0.630 bits per heavy atom. The van der Waals surface area contributed by atoms with Crippen LogP contribution in [0.4, 0.5) is 0 Å². The second kappa shape index (κ2) is 6.06. The maximum atomic E-state index is 4.58. The molecule has 2 aromatic carbocycles. The second-order valence-electron chi connectivity index (χ2n) is 7.03. The van der Waals surface area contributed by atoms with Crippen LogP contribution in [0.1, 0.15) is 11.1 Å². The first-order valence-corrected chi connectivity index (χ1v) is 9.10. The summed E-state index contributed by atoms with van der Waals surface area (Å²) in [5.41, 5.74) is 8.92. The summed E-state index contributed by atoms with van der Waals surface area (Å²) in [6.45, 7) is 4.28. The molecule has 0 aliphatic carbocycles. The van der Waals surface area contributed by atoms with Crippen LogP contribution in [0.2, 0.25) is 0 Å². The molecule has 0 aliphatic rings. The van der Waals surface area contributed by atoms with Crippen LogP contribution in [-0.4, -0.2) is 15.0 Å². The van der Waals surface area contributed by atoms with Gasteiger partial charge in [0, 0.05) is 34.3 Å². The number of benzene rings is 2. The van der Waals surface area contributed by atoms with Crippen LogP contribution in [0.25, 0.3) is 44.3 Å². The number of pyridine rings is 2. The number of aryl methyl sites for hydroxylation is 2. The highest BCUT2D eigenvalue weighted by Crippen LogP contribution is 2.37. The standard InChI is InChI=1S/C24H19N3/c1-15-11-17-18-12-16(2)14-20(22-8-4-6-10-26-22)24(18)27-23(17)19(13-15)21-7-3-5-9-25-21/h3-14,27H,1-2H3. The highest BCUT2D eigenvalue weighted by Gasteiger charge is 2.15. The number of fused-ring (bicyclic) bond motifs is 3. The van der Waals surface area contributed by atoms with E-state index >= 15 is 0 Å². The molecule has 1 N–H and O–H groups in total. The van der Waals surface area contributed by atoms with Gasteiger partial charge in [-0.15, -0.1) is 0 Å². The average Bonchev–Trinajstić information content (AvgIpc) is 3.06. The van der Waals surface area contributed by atoms with Crippen molar-refractivity contribution in [1.29, 1.82) is 0 Å². The first kappa shape index (κ1) is 15.8. The molecule has 3 aromatic heterocycles. The molecular formula is C24H19N3. The Hall–Kier alpha value is -3.46. The van der Waals surface area contributed by atoms with Gasteiger partial charge in [0.1, 0.15) is 0 Å². The zero-order valence-electron chi connectivity index (χ0n) is 15.3. The van der Waals surface area contributed by atoms with Crippen LogP contribution in [0.3, 0.4) is 0 Å². The minimum absolute atomic E-state index is 0.980. The molecular weight excluding hydrogens is 330 g/mol. The summed E-state index contributed by atoms with van der Waals surface area (Å²) >= 11 is 0. The Labute approximate surface area is 157 Å². The Morgan fingerprint density at radius 3 is 1.52 bits per heavy atom. The van der Waals surface area contributed by atoms with E-state index in [4.69, 9.17) is 0 Å². The monoisotopic (exact) mass is 349 g/mol. The van der Waals surface area contributed by atoms with Gasteiger partial charge in [-0.1, -0.05) is 12.1 Å². The molecule has 0 saturated heterocycles. The van der Waals surface area contributed by atoms with Crippen LogP contribution >= 0.6 is 0 Å². The third-order valence-electron chi connectivity index (χ3n) is 4.99. The lowest BCUT2D eigenvalue weighted by atomic mass is 10.00. The molecule has 3 nitrogen and oxygen atoms in total. The number of hydrogen-bond donors (Lipinski definition) is 1. The molecule has 5 aromatic rings. The predicted molar refractivity (Wildman–Crippen MR) is 112 cm³/mol. The Morgan fingerprint density at radius 2 is 1.11 bits per heavy atom. The van der Waals surface area contributed by atoms with Crippen LogP contribution in [0.5, 0.6) is 0 Å². The fourth-order valence-corrected chi connectivity index (χ4v) is 3.84. The first-order valence-electron chi connectivity index (χ1n) is 9.10. The van der Waals surface area contributed by atoms with Crippen molar-refractivity contribution in [2.75, 3.05) is 0 Å². The summed E-state index contributed by atoms with van der Waals surface area (Å²) in [5.74, 6) is 0. The smallest absolute Gasteiger partial charge is 0.0723 e. The number of hydrogen-bond acceptors (Lipinski definition) is 2. The van der Waals surface area contributed by atoms with Gasteiger partial charge in [0.25, 0.3) is 0 Å². The van der Waals surface area contributed by atoms with Gasteiger partial charge in [0.2, 0.25) is 0 Å². The number of aromatic amines is 1. The fourth-order valence-electron chi connectivity index (χ4n) is 3.84. The maximum Gasteiger partial charge on any atom is 0.0723 e. The van der Waals surface area contributed by atoms with E-state index in [0.29, 0.717) is 0 Å². The number of nitrogens with one attached hydrogen (secondary N) is 1. The molecule has 0 radical (unpaired) electrons. The minimum Gasteiger partial charge on any atom is -0.353 e. The topological polar surface area (TPSA) is 41.6 Å². The van der Waals surface area contributed by atoms with Crippen molar-refractivity contribution in [1.82, 2.24) is 15.0 Å². The number of H-pyrrole nitrogens is 1. The maximum absolute atomic E-state index is 4.58. The van der Waals surface area contributed by atoms with E-state index in [1.54, 1.807) is 0 Å². The zero-order valence-corrected chi connectivity index (χ0v) is 15.3. The van der Waals surface area contributed by atoms with E-state index in [2.05, 4.69) is 65.2 Å². The lowest BCUT2D eigenvalue weighted by Crippen LogP contribution is -1.86. The van der Waals surface area contributed by atoms with Gasteiger partial charge in [-0.05, 0) is 73.5 Å². The van der Waals surface area contributed by atoms with Gasteiger partial charge < -0.3 is 4.98 Å². The van der Waals surface area contributed by atoms with Gasteiger partial charge in [0.15, 0.2) is 0 Å². The minimum atomic E-state index is 0.980. The normalized spacial score (nSPS) is 11.3. The fraction of sp³-hybridized carbons (Fsp3) is 0.0833. The molecule has 0 bridgehead atoms. The van der Waals surface area contributed by atoms with Gasteiger partial charge in [-0.3, -0.25) is 9.97 Å². The number of nitrogens with zero attached hydrogens (tertiary/aromatic N) is 2. The lowest BCUT2D eigenvalue weighted by molar-refractivity contribution is 1.32. The molecule has 3 heteroatoms. The highest BCUT2D eigenvalue weighted by molar-refractivity contribution is 6.15. The van der Waals surface area contributed by atoms with E-state index < -0.39 is 0 Å². The number of rotatable bonds is 2. The second-order valence-corrected chi connectivity index (χ2v) is 7.03. The van der Waals surface area contributed by atoms with Crippen LogP contribution in [0, 0.1) is 13.8 Å². The Kier molecular flexibility index (Phi) is 3.54. The molecule has 0 aliphatic heterocycles. The SMILES string of the molecule is Cc1cc(-c2ccccn2)c2[nH]c3c(-c4ccccn4)cc(C)cc3c2c1. The molecule has 0 amide bonds. The molecule has 5 rings (SSSR count). The van der Waals surface area contributed by atoms with Crippen LogP contribution < -0.4 is 0 Å². The van der Waals surface area contributed by atoms with Crippen LogP contribution in [-0.2, 0) is 0 Å². The van der Waals surface area contributed by atoms with Gasteiger partial charge in [0.05, 0.1) is 22.4 Å². The Bertz CT molecular complexity index is 1170. The third-order valence-corrected chi connectivity index (χ3v) is 4.99. The summed E-state index contributed by atoms with van der Waals surface area (Å²) < 4.78 is 0. The zero-order chi connectivity index (χ0) is 18.4. The summed E-state index contributed by atoms with van der Waals surface area (Å²) in [6, 6.07) is 21.0. The summed E-state index contributed by atoms with van der Waals surface area (Å²) in [4.78, 5) is 12.8. The molecule has 0 atom stereocenters. The van der Waals surface area contributed by atoms with Crippen molar-refractivity contribution in [2.45, 2.75) is 13.8 Å². The third kappa shape index (κ3) is 2.59. The Balaban J connectivity index is 1.91. The van der Waals surface area contributed by atoms with Crippen molar-refractivity contribution in [2.24, 2.45) is 0 Å². The van der Waals surface area contributed by atoms with E-state index in [1.807, 2.05) is 36.7 Å². The summed E-state index contributed by atoms with van der Waals surface area (Å²) in [5, 5.41) is 2.46. The van der Waals surface area contributed by atoms with Crippen molar-refractivity contribution in [3.63, 3.8) is 0 Å². The highest BCUT2D eigenvalue weighted by atomic mass is 14.7. The van der Waals surface area contributed by atoms with Gasteiger partial charge in [-0.25, -0.2) is 0 Å². The number of aromatic nitrogens is 3. The van der Waals surface area contributed by atoms with E-state index in [1.165, 1.54) is 21.9 Å². The largest absolute Gasteiger partial charge is 0.353 e. The van der Waals surface area contributed by atoms with E-state index in [9.17, 15) is 0 Å². The summed E-state index contributed by atoms with van der Waals surface area (Å²) in [6.07, 6.45) is 3.69. The van der Waals surface area contributed by atoms with Crippen molar-refractivity contribution >= 4 is 21.8 Å². The van der Waals surface area contributed by atoms with Crippen molar-refractivity contribution in [3.8, 4) is 22.5 Å². The molecule has 0 saturated carbocycles. The summed E-state index contributed by atoms with van der Waals surface area (Å²) in [7, 11) is 0. The molecule has 130 valence electrons. The van der Waals surface area contributed by atoms with E-state index in [-0.39, 0.29) is 0 Å². The van der Waals surface area contributed by atoms with E-state index in [0.717, 1.165) is 33.5 Å². The predicted octanol–water partition coefficient (Wildman–Crippen LogP) is 6.06. The van der Waals surface area contributed by atoms with Crippen molar-refractivity contribution < 1.29 is 0 Å². The molecule has 0 unspecified atom stereocenters.